The minimum atomic E-state index is -4.27. The molecule has 0 heterocycles. The third-order valence-electron chi connectivity index (χ3n) is 0.343. The lowest BCUT2D eigenvalue weighted by molar-refractivity contribution is -0.0577. The molecule has 50 valence electrons. The molecular weight excluding hydrogens is 142 g/mol. The predicted octanol–water partition coefficient (Wildman–Crippen LogP) is -0.224. The molecule has 0 amide bonds. The normalized spacial score (nSPS) is 11.9. The van der Waals surface area contributed by atoms with E-state index in [9.17, 15) is 9.09 Å². The van der Waals surface area contributed by atoms with Crippen molar-refractivity contribution in [3.8, 4) is 0 Å². The SMILES string of the molecule is NOP(=O)(ON)OF. The van der Waals surface area contributed by atoms with Crippen LogP contribution in [0.5, 0.6) is 0 Å². The van der Waals surface area contributed by atoms with Crippen LogP contribution in [0.2, 0.25) is 0 Å². The molecule has 0 rings (SSSR count). The Balaban J connectivity index is 3.79. The summed E-state index contributed by atoms with van der Waals surface area (Å²) in [6.45, 7) is 0. The second-order valence-electron chi connectivity index (χ2n) is 0.727. The molecule has 0 fully saturated rings. The summed E-state index contributed by atoms with van der Waals surface area (Å²) in [4.78, 5) is 0. The zero-order valence-electron chi connectivity index (χ0n) is 3.61. The molecule has 0 radical (unpaired) electrons. The molecule has 8 heavy (non-hydrogen) atoms. The Bertz CT molecular complexity index is 85.2. The summed E-state index contributed by atoms with van der Waals surface area (Å²) in [6.07, 6.45) is 0. The number of nitrogens with two attached hydrogens (primary N) is 2. The van der Waals surface area contributed by atoms with Gasteiger partial charge in [-0.2, -0.15) is 9.25 Å². The lowest BCUT2D eigenvalue weighted by Crippen LogP contribution is -2.04. The van der Waals surface area contributed by atoms with Gasteiger partial charge in [-0.1, -0.05) is 4.73 Å². The first-order valence-corrected chi connectivity index (χ1v) is 2.82. The Morgan fingerprint density at radius 3 is 1.75 bits per heavy atom. The smallest absolute Gasteiger partial charge is 0.222 e. The average molecular weight is 146 g/mol. The summed E-state index contributed by atoms with van der Waals surface area (Å²) >= 11 is 0. The minimum absolute atomic E-state index is 2.60. The molecule has 0 aromatic rings. The van der Waals surface area contributed by atoms with E-state index in [0.29, 0.717) is 0 Å². The largest absolute Gasteiger partial charge is 0.538 e. The molecule has 0 aromatic carbocycles. The molecule has 0 atom stereocenters. The summed E-state index contributed by atoms with van der Waals surface area (Å²) in [5.74, 6) is 8.39. The van der Waals surface area contributed by atoms with Gasteiger partial charge in [0.15, 0.2) is 0 Å². The van der Waals surface area contributed by atoms with Crippen LogP contribution < -0.4 is 11.8 Å². The summed E-state index contributed by atoms with van der Waals surface area (Å²) in [7, 11) is -4.27. The molecule has 0 saturated heterocycles. The molecule has 0 aliphatic rings. The van der Waals surface area contributed by atoms with Gasteiger partial charge in [-0.3, -0.25) is 0 Å². The first-order chi connectivity index (χ1) is 3.68. The predicted molar refractivity (Wildman–Crippen MR) is 20.3 cm³/mol. The summed E-state index contributed by atoms with van der Waals surface area (Å²) in [6, 6.07) is 0. The zero-order valence-corrected chi connectivity index (χ0v) is 4.51. The van der Waals surface area contributed by atoms with Crippen LogP contribution in [0.4, 0.5) is 4.53 Å². The maximum Gasteiger partial charge on any atom is 0.538 e. The van der Waals surface area contributed by atoms with Crippen molar-refractivity contribution in [2.24, 2.45) is 11.8 Å². The molecule has 0 bridgehead atoms. The topological polar surface area (TPSA) is 96.8 Å². The summed E-state index contributed by atoms with van der Waals surface area (Å²) in [5, 5.41) is 0. The maximum atomic E-state index is 10.9. The molecule has 0 aliphatic heterocycles. The fourth-order valence-corrected chi connectivity index (χ4v) is 0.172. The van der Waals surface area contributed by atoms with Crippen molar-refractivity contribution >= 4 is 7.82 Å². The molecule has 0 saturated carbocycles. The first kappa shape index (κ1) is 7.96. The molecule has 6 nitrogen and oxygen atoms in total. The van der Waals surface area contributed by atoms with E-state index in [0.717, 1.165) is 0 Å². The van der Waals surface area contributed by atoms with E-state index in [-0.39, 0.29) is 0 Å². The van der Waals surface area contributed by atoms with Gasteiger partial charge >= 0.3 is 7.82 Å². The average Bonchev–Trinajstić information content (AvgIpc) is 1.87. The summed E-state index contributed by atoms with van der Waals surface area (Å²) in [5.41, 5.74) is 0. The van der Waals surface area contributed by atoms with E-state index in [1.165, 1.54) is 0 Å². The fourth-order valence-electron chi connectivity index (χ4n) is 0.0574. The number of rotatable bonds is 3. The van der Waals surface area contributed by atoms with Crippen LogP contribution in [0.15, 0.2) is 0 Å². The molecule has 4 N–H and O–H groups in total. The van der Waals surface area contributed by atoms with Gasteiger partial charge in [0.2, 0.25) is 0 Å². The number of hydrogen-bond donors (Lipinski definition) is 2. The van der Waals surface area contributed by atoms with Crippen LogP contribution in [0.3, 0.4) is 0 Å². The van der Waals surface area contributed by atoms with Crippen LogP contribution in [0.1, 0.15) is 0 Å². The van der Waals surface area contributed by atoms with Gasteiger partial charge in [0.25, 0.3) is 0 Å². The third-order valence-corrected chi connectivity index (χ3v) is 1.03. The van der Waals surface area contributed by atoms with E-state index < -0.39 is 7.82 Å². The van der Waals surface area contributed by atoms with Crippen molar-refractivity contribution < 1.29 is 23.1 Å². The van der Waals surface area contributed by atoms with Gasteiger partial charge in [-0.15, -0.1) is 0 Å². The van der Waals surface area contributed by atoms with Crippen molar-refractivity contribution in [1.29, 1.82) is 0 Å². The number of hydrogen-bond acceptors (Lipinski definition) is 6. The highest BCUT2D eigenvalue weighted by Crippen LogP contribution is 2.45. The van der Waals surface area contributed by atoms with Crippen molar-refractivity contribution in [2.75, 3.05) is 0 Å². The highest BCUT2D eigenvalue weighted by molar-refractivity contribution is 7.48. The molecule has 0 spiro atoms. The Hall–Kier alpha value is -0.0400. The minimum Gasteiger partial charge on any atom is -0.222 e. The van der Waals surface area contributed by atoms with Crippen LogP contribution in [-0.2, 0) is 18.5 Å². The van der Waals surface area contributed by atoms with Gasteiger partial charge in [0, 0.05) is 0 Å². The Labute approximate surface area is 43.9 Å². The number of halogens is 1. The second-order valence-corrected chi connectivity index (χ2v) is 2.18. The van der Waals surface area contributed by atoms with E-state index in [2.05, 4.69) is 25.8 Å². The van der Waals surface area contributed by atoms with E-state index in [1.54, 1.807) is 0 Å². The Kier molecular flexibility index (Phi) is 3.06. The van der Waals surface area contributed by atoms with Crippen LogP contribution in [0, 0.1) is 0 Å². The third kappa shape index (κ3) is 1.83. The molecule has 0 aromatic heterocycles. The van der Waals surface area contributed by atoms with Crippen molar-refractivity contribution in [3.05, 3.63) is 0 Å². The quantitative estimate of drug-likeness (QED) is 0.421. The van der Waals surface area contributed by atoms with Gasteiger partial charge in [0.1, 0.15) is 0 Å². The Morgan fingerprint density at radius 1 is 1.38 bits per heavy atom. The Morgan fingerprint density at radius 2 is 1.75 bits per heavy atom. The van der Waals surface area contributed by atoms with E-state index >= 15 is 0 Å². The molecule has 0 aliphatic carbocycles. The molecule has 8 heteroatoms. The highest BCUT2D eigenvalue weighted by Gasteiger charge is 2.25. The van der Waals surface area contributed by atoms with Crippen LogP contribution in [0.25, 0.3) is 0 Å². The monoisotopic (exact) mass is 146 g/mol. The van der Waals surface area contributed by atoms with E-state index in [4.69, 9.17) is 0 Å². The van der Waals surface area contributed by atoms with E-state index in [1.807, 2.05) is 0 Å². The van der Waals surface area contributed by atoms with Crippen molar-refractivity contribution in [1.82, 2.24) is 0 Å². The standard InChI is InChI=1S/FH4N2O4P/c1-5-8(4,6-2)7-3/h2-3H2. The molecular formula is H4FN2O4P. The van der Waals surface area contributed by atoms with Gasteiger partial charge in [0.05, 0.1) is 0 Å². The van der Waals surface area contributed by atoms with Crippen LogP contribution >= 0.6 is 7.82 Å². The van der Waals surface area contributed by atoms with Gasteiger partial charge in [-0.25, -0.2) is 16.4 Å². The van der Waals surface area contributed by atoms with Crippen molar-refractivity contribution in [3.63, 3.8) is 0 Å². The lowest BCUT2D eigenvalue weighted by atomic mass is 13.6. The summed E-state index contributed by atoms with van der Waals surface area (Å²) < 4.78 is 30.2. The highest BCUT2D eigenvalue weighted by atomic mass is 31.2. The van der Waals surface area contributed by atoms with Crippen LogP contribution in [-0.4, -0.2) is 0 Å². The molecule has 0 unspecified atom stereocenters. The maximum absolute atomic E-state index is 10.9. The fraction of sp³-hybridized carbons (Fsp3) is 0. The zero-order chi connectivity index (χ0) is 6.62. The number of phosphoric acid groups is 1. The van der Waals surface area contributed by atoms with Crippen molar-refractivity contribution in [2.45, 2.75) is 0 Å². The van der Waals surface area contributed by atoms with Gasteiger partial charge < -0.3 is 0 Å². The second kappa shape index (κ2) is 3.08. The first-order valence-electron chi connectivity index (χ1n) is 1.36. The lowest BCUT2D eigenvalue weighted by Gasteiger charge is -2.02. The van der Waals surface area contributed by atoms with Gasteiger partial charge in [-0.05, 0) is 4.53 Å².